The van der Waals surface area contributed by atoms with Crippen LogP contribution in [-0.2, 0) is 4.79 Å². The largest absolute Gasteiger partial charge is 0.369 e. The zero-order valence-corrected chi connectivity index (χ0v) is 19.8. The van der Waals surface area contributed by atoms with E-state index in [2.05, 4.69) is 59.1 Å². The molecule has 1 aliphatic heterocycles. The molecule has 2 aliphatic rings. The Labute approximate surface area is 191 Å². The first-order valence-electron chi connectivity index (χ1n) is 8.85. The molecule has 4 rings (SSSR count). The van der Waals surface area contributed by atoms with Gasteiger partial charge in [-0.2, -0.15) is 0 Å². The Hall–Kier alpha value is -0.930. The van der Waals surface area contributed by atoms with Crippen molar-refractivity contribution < 1.29 is 9.59 Å². The van der Waals surface area contributed by atoms with Crippen LogP contribution in [0.25, 0.3) is 0 Å². The van der Waals surface area contributed by atoms with Gasteiger partial charge in [-0.3, -0.25) is 14.5 Å². The van der Waals surface area contributed by atoms with Crippen molar-refractivity contribution in [1.29, 1.82) is 0 Å². The molecule has 28 heavy (non-hydrogen) atoms. The van der Waals surface area contributed by atoms with Crippen LogP contribution in [0, 0.1) is 0 Å². The lowest BCUT2D eigenvalue weighted by atomic mass is 10.2. The van der Waals surface area contributed by atoms with Gasteiger partial charge in [0.15, 0.2) is 5.78 Å². The molecule has 2 heterocycles. The molecule has 1 atom stereocenters. The maximum atomic E-state index is 12.6. The number of piperazine rings is 1. The van der Waals surface area contributed by atoms with Crippen LogP contribution in [0.1, 0.15) is 28.4 Å². The first-order valence-corrected chi connectivity index (χ1v) is 11.3. The van der Waals surface area contributed by atoms with Gasteiger partial charge in [0.05, 0.1) is 20.2 Å². The molecule has 1 fully saturated rings. The lowest BCUT2D eigenvalue weighted by Gasteiger charge is -2.35. The molecule has 1 unspecified atom stereocenters. The van der Waals surface area contributed by atoms with Crippen molar-refractivity contribution in [3.63, 3.8) is 0 Å². The average Bonchev–Trinajstić information content (AvgIpc) is 3.14. The third-order valence-corrected chi connectivity index (χ3v) is 7.65. The molecule has 2 aromatic rings. The third kappa shape index (κ3) is 4.46. The van der Waals surface area contributed by atoms with Crippen molar-refractivity contribution in [2.45, 2.75) is 12.5 Å². The summed E-state index contributed by atoms with van der Waals surface area (Å²) in [5.74, 6) is 0.0589. The Kier molecular flexibility index (Phi) is 7.20. The van der Waals surface area contributed by atoms with E-state index < -0.39 is 0 Å². The van der Waals surface area contributed by atoms with Crippen molar-refractivity contribution in [1.82, 2.24) is 10.2 Å². The van der Waals surface area contributed by atoms with Gasteiger partial charge in [-0.05, 0) is 44.0 Å². The van der Waals surface area contributed by atoms with Crippen molar-refractivity contribution in [3.8, 4) is 0 Å². The van der Waals surface area contributed by atoms with Crippen LogP contribution in [0.15, 0.2) is 37.9 Å². The molecule has 0 bridgehead atoms. The molecule has 1 aliphatic carbocycles. The predicted octanol–water partition coefficient (Wildman–Crippen LogP) is 4.26. The van der Waals surface area contributed by atoms with Gasteiger partial charge in [-0.15, -0.1) is 23.7 Å². The van der Waals surface area contributed by atoms with Gasteiger partial charge in [-0.1, -0.05) is 18.2 Å². The number of ketones is 1. The van der Waals surface area contributed by atoms with E-state index in [0.717, 1.165) is 39.3 Å². The van der Waals surface area contributed by atoms with Crippen LogP contribution >= 0.6 is 55.6 Å². The van der Waals surface area contributed by atoms with Gasteiger partial charge in [0.1, 0.15) is 0 Å². The molecule has 0 spiro atoms. The number of halogens is 3. The molecule has 1 amide bonds. The normalized spacial score (nSPS) is 19.3. The number of para-hydroxylation sites is 1. The Balaban J connectivity index is 0.00000225. The summed E-state index contributed by atoms with van der Waals surface area (Å²) in [6.07, 6.45) is 0.336. The Morgan fingerprint density at radius 2 is 1.79 bits per heavy atom. The van der Waals surface area contributed by atoms with E-state index in [9.17, 15) is 9.59 Å². The zero-order valence-electron chi connectivity index (χ0n) is 15.0. The fraction of sp³-hybridized carbons (Fsp3) is 0.368. The molecule has 1 saturated heterocycles. The Morgan fingerprint density at radius 1 is 1.11 bits per heavy atom. The topological polar surface area (TPSA) is 52.7 Å². The summed E-state index contributed by atoms with van der Waals surface area (Å²) in [4.78, 5) is 29.3. The van der Waals surface area contributed by atoms with E-state index in [1.807, 2.05) is 18.2 Å². The van der Waals surface area contributed by atoms with Crippen LogP contribution in [-0.4, -0.2) is 49.3 Å². The van der Waals surface area contributed by atoms with E-state index in [1.54, 1.807) is 0 Å². The minimum Gasteiger partial charge on any atom is -0.369 e. The van der Waals surface area contributed by atoms with Crippen molar-refractivity contribution in [3.05, 3.63) is 49.0 Å². The Bertz CT molecular complexity index is 870. The second kappa shape index (κ2) is 9.26. The van der Waals surface area contributed by atoms with Gasteiger partial charge in [-0.25, -0.2) is 0 Å². The van der Waals surface area contributed by atoms with E-state index in [1.165, 1.54) is 17.0 Å². The number of carbonyl (C=O) groups is 2. The molecule has 9 heteroatoms. The quantitative estimate of drug-likeness (QED) is 0.620. The summed E-state index contributed by atoms with van der Waals surface area (Å²) in [5.41, 5.74) is 2.86. The number of hydrogen-bond acceptors (Lipinski definition) is 5. The van der Waals surface area contributed by atoms with Crippen LogP contribution in [0.5, 0.6) is 0 Å². The number of fused-ring (bicyclic) bond motifs is 1. The molecule has 1 aromatic heterocycles. The van der Waals surface area contributed by atoms with Gasteiger partial charge in [0.25, 0.3) is 0 Å². The molecule has 0 saturated carbocycles. The van der Waals surface area contributed by atoms with Crippen LogP contribution < -0.4 is 10.2 Å². The SMILES string of the molecule is Cl.O=C(CN1CCN(c2ccccc2)CC1)NC1CC(=O)c2c(Br)sc(Br)c21. The Morgan fingerprint density at radius 3 is 2.46 bits per heavy atom. The number of carbonyl (C=O) groups excluding carboxylic acids is 2. The van der Waals surface area contributed by atoms with Crippen molar-refractivity contribution >= 4 is 73.0 Å². The molecule has 0 radical (unpaired) electrons. The smallest absolute Gasteiger partial charge is 0.234 e. The maximum Gasteiger partial charge on any atom is 0.234 e. The highest BCUT2D eigenvalue weighted by Crippen LogP contribution is 2.46. The highest BCUT2D eigenvalue weighted by molar-refractivity contribution is 9.12. The molecular weight excluding hydrogens is 530 g/mol. The monoisotopic (exact) mass is 547 g/mol. The number of benzene rings is 1. The predicted molar refractivity (Wildman–Crippen MR) is 122 cm³/mol. The van der Waals surface area contributed by atoms with E-state index in [0.29, 0.717) is 18.5 Å². The van der Waals surface area contributed by atoms with Gasteiger partial charge in [0.2, 0.25) is 5.91 Å². The van der Waals surface area contributed by atoms with Gasteiger partial charge >= 0.3 is 0 Å². The minimum absolute atomic E-state index is 0. The van der Waals surface area contributed by atoms with E-state index >= 15 is 0 Å². The van der Waals surface area contributed by atoms with Crippen molar-refractivity contribution in [2.24, 2.45) is 0 Å². The molecule has 1 N–H and O–H groups in total. The summed E-state index contributed by atoms with van der Waals surface area (Å²) < 4.78 is 1.75. The van der Waals surface area contributed by atoms with Crippen LogP contribution in [0.3, 0.4) is 0 Å². The summed E-state index contributed by atoms with van der Waals surface area (Å²) in [7, 11) is 0. The first-order chi connectivity index (χ1) is 13.0. The fourth-order valence-corrected chi connectivity index (χ4v) is 7.09. The van der Waals surface area contributed by atoms with Crippen LogP contribution in [0.4, 0.5) is 5.69 Å². The highest BCUT2D eigenvalue weighted by Gasteiger charge is 2.36. The number of hydrogen-bond donors (Lipinski definition) is 1. The maximum absolute atomic E-state index is 12.6. The van der Waals surface area contributed by atoms with Gasteiger partial charge < -0.3 is 10.2 Å². The molecule has 150 valence electrons. The summed E-state index contributed by atoms with van der Waals surface area (Å²) >= 11 is 8.46. The minimum atomic E-state index is -0.234. The standard InChI is InChI=1S/C19H19Br2N3O2S.ClH/c20-18-16-13(10-14(25)17(16)19(21)27-18)22-15(26)11-23-6-8-24(9-7-23)12-4-2-1-3-5-12;/h1-5,13H,6-11H2,(H,22,26);1H. The van der Waals surface area contributed by atoms with E-state index in [-0.39, 0.29) is 30.1 Å². The zero-order chi connectivity index (χ0) is 19.0. The van der Waals surface area contributed by atoms with Crippen molar-refractivity contribution in [2.75, 3.05) is 37.6 Å². The molecule has 1 aromatic carbocycles. The summed E-state index contributed by atoms with van der Waals surface area (Å²) in [6.45, 7) is 3.89. The molecular formula is C19H20Br2ClN3O2S. The number of Topliss-reactive ketones (excluding diaryl/α,β-unsaturated/α-hetero) is 1. The second-order valence-electron chi connectivity index (χ2n) is 6.78. The van der Waals surface area contributed by atoms with Crippen LogP contribution in [0.2, 0.25) is 0 Å². The van der Waals surface area contributed by atoms with Gasteiger partial charge in [0, 0.05) is 49.4 Å². The second-order valence-corrected chi connectivity index (χ2v) is 10.4. The number of rotatable bonds is 4. The number of amides is 1. The first kappa shape index (κ1) is 21.8. The molecule has 5 nitrogen and oxygen atoms in total. The van der Waals surface area contributed by atoms with E-state index in [4.69, 9.17) is 0 Å². The highest BCUT2D eigenvalue weighted by atomic mass is 79.9. The number of anilines is 1. The number of thiophene rings is 1. The third-order valence-electron chi connectivity index (χ3n) is 5.07. The summed E-state index contributed by atoms with van der Waals surface area (Å²) in [6, 6.07) is 10.1. The number of nitrogens with one attached hydrogen (secondary N) is 1. The lowest BCUT2D eigenvalue weighted by molar-refractivity contribution is -0.123. The summed E-state index contributed by atoms with van der Waals surface area (Å²) in [5, 5.41) is 3.05. The fourth-order valence-electron chi connectivity index (χ4n) is 3.72. The average molecular weight is 550 g/mol. The lowest BCUT2D eigenvalue weighted by Crippen LogP contribution is -2.49. The number of nitrogens with zero attached hydrogens (tertiary/aromatic N) is 2.